The summed E-state index contributed by atoms with van der Waals surface area (Å²) in [5, 5.41) is 10.6. The number of hydrogen-bond donors (Lipinski definition) is 2. The lowest BCUT2D eigenvalue weighted by Crippen LogP contribution is -2.36. The SMILES string of the molecule is CCn1nc(C)c(CCN=C(NC(=O)c2ccc(C)c(F)c2)Nc2cc(C)cc(C)c2)c1C. The maximum Gasteiger partial charge on any atom is 0.258 e. The molecule has 3 rings (SSSR count). The number of guanidine groups is 1. The van der Waals surface area contributed by atoms with E-state index >= 15 is 0 Å². The number of anilines is 1. The highest BCUT2D eigenvalue weighted by Gasteiger charge is 2.13. The highest BCUT2D eigenvalue weighted by Crippen LogP contribution is 2.16. The summed E-state index contributed by atoms with van der Waals surface area (Å²) in [6.07, 6.45) is 0.699. The summed E-state index contributed by atoms with van der Waals surface area (Å²) in [4.78, 5) is 17.5. The van der Waals surface area contributed by atoms with Gasteiger partial charge in [-0.15, -0.1) is 0 Å². The Morgan fingerprint density at radius 3 is 2.36 bits per heavy atom. The van der Waals surface area contributed by atoms with E-state index in [9.17, 15) is 9.18 Å². The van der Waals surface area contributed by atoms with Crippen LogP contribution in [0.5, 0.6) is 0 Å². The van der Waals surface area contributed by atoms with Crippen LogP contribution >= 0.6 is 0 Å². The molecule has 0 saturated heterocycles. The number of halogens is 1. The summed E-state index contributed by atoms with van der Waals surface area (Å²) in [6.45, 7) is 13.1. The standard InChI is InChI=1S/C26H32FN5O/c1-7-32-20(6)23(19(5)31-32)10-11-28-26(29-22-13-16(2)12-17(3)14-22)30-25(33)21-9-8-18(4)24(27)15-21/h8-9,12-15H,7,10-11H2,1-6H3,(H2,28,29,30,33). The summed E-state index contributed by atoms with van der Waals surface area (Å²) in [5.74, 6) is -0.512. The van der Waals surface area contributed by atoms with Gasteiger partial charge in [-0.1, -0.05) is 12.1 Å². The second-order valence-corrected chi connectivity index (χ2v) is 8.36. The molecule has 0 atom stereocenters. The third-order valence-electron chi connectivity index (χ3n) is 5.61. The minimum atomic E-state index is -0.421. The molecule has 33 heavy (non-hydrogen) atoms. The van der Waals surface area contributed by atoms with Crippen LogP contribution in [-0.4, -0.2) is 28.2 Å². The fraction of sp³-hybridized carbons (Fsp3) is 0.346. The van der Waals surface area contributed by atoms with Crippen molar-refractivity contribution >= 4 is 17.6 Å². The fourth-order valence-corrected chi connectivity index (χ4v) is 3.89. The van der Waals surface area contributed by atoms with E-state index in [-0.39, 0.29) is 5.56 Å². The average molecular weight is 450 g/mol. The lowest BCUT2D eigenvalue weighted by molar-refractivity contribution is 0.0976. The zero-order valence-corrected chi connectivity index (χ0v) is 20.2. The van der Waals surface area contributed by atoms with E-state index in [1.165, 1.54) is 11.6 Å². The molecule has 0 aliphatic heterocycles. The van der Waals surface area contributed by atoms with E-state index < -0.39 is 11.7 Å². The van der Waals surface area contributed by atoms with Crippen LogP contribution in [0, 0.1) is 40.4 Å². The minimum Gasteiger partial charge on any atom is -0.326 e. The highest BCUT2D eigenvalue weighted by molar-refractivity contribution is 6.10. The summed E-state index contributed by atoms with van der Waals surface area (Å²) in [7, 11) is 0. The second-order valence-electron chi connectivity index (χ2n) is 8.36. The summed E-state index contributed by atoms with van der Waals surface area (Å²) in [6, 6.07) is 10.5. The predicted molar refractivity (Wildman–Crippen MR) is 132 cm³/mol. The highest BCUT2D eigenvalue weighted by atomic mass is 19.1. The van der Waals surface area contributed by atoms with Crippen LogP contribution in [-0.2, 0) is 13.0 Å². The lowest BCUT2D eigenvalue weighted by atomic mass is 10.1. The van der Waals surface area contributed by atoms with Gasteiger partial charge in [0.15, 0.2) is 0 Å². The number of aliphatic imine (C=N–C) groups is 1. The number of benzene rings is 2. The molecule has 174 valence electrons. The first-order valence-corrected chi connectivity index (χ1v) is 11.2. The molecule has 7 heteroatoms. The maximum absolute atomic E-state index is 14.0. The zero-order chi connectivity index (χ0) is 24.1. The number of carbonyl (C=O) groups is 1. The Morgan fingerprint density at radius 2 is 1.76 bits per heavy atom. The van der Waals surface area contributed by atoms with Crippen molar-refractivity contribution in [3.8, 4) is 0 Å². The van der Waals surface area contributed by atoms with Crippen molar-refractivity contribution in [1.82, 2.24) is 15.1 Å². The molecular weight excluding hydrogens is 417 g/mol. The number of amides is 1. The minimum absolute atomic E-state index is 0.240. The molecule has 0 spiro atoms. The molecular formula is C26H32FN5O. The van der Waals surface area contributed by atoms with Crippen molar-refractivity contribution in [3.63, 3.8) is 0 Å². The van der Waals surface area contributed by atoms with Gasteiger partial charge >= 0.3 is 0 Å². The number of nitrogens with zero attached hydrogens (tertiary/aromatic N) is 3. The molecule has 0 bridgehead atoms. The summed E-state index contributed by atoms with van der Waals surface area (Å²) in [5.41, 5.74) is 7.05. The van der Waals surface area contributed by atoms with Gasteiger partial charge in [0.05, 0.1) is 5.69 Å². The van der Waals surface area contributed by atoms with Gasteiger partial charge < -0.3 is 5.32 Å². The largest absolute Gasteiger partial charge is 0.326 e. The first-order chi connectivity index (χ1) is 15.7. The average Bonchev–Trinajstić information content (AvgIpc) is 3.02. The third kappa shape index (κ3) is 6.06. The Labute approximate surface area is 194 Å². The zero-order valence-electron chi connectivity index (χ0n) is 20.2. The van der Waals surface area contributed by atoms with Gasteiger partial charge in [0, 0.05) is 30.0 Å². The number of aromatic nitrogens is 2. The van der Waals surface area contributed by atoms with Crippen LogP contribution in [0.3, 0.4) is 0 Å². The second kappa shape index (κ2) is 10.4. The van der Waals surface area contributed by atoms with Crippen LogP contribution < -0.4 is 10.6 Å². The number of nitrogens with one attached hydrogen (secondary N) is 2. The Hall–Kier alpha value is -3.48. The van der Waals surface area contributed by atoms with Gasteiger partial charge in [0.25, 0.3) is 5.91 Å². The number of rotatable bonds is 6. The number of carbonyl (C=O) groups excluding carboxylic acids is 1. The Kier molecular flexibility index (Phi) is 7.63. The molecule has 1 heterocycles. The Balaban J connectivity index is 1.83. The van der Waals surface area contributed by atoms with Crippen molar-refractivity contribution in [2.24, 2.45) is 4.99 Å². The third-order valence-corrected chi connectivity index (χ3v) is 5.61. The normalized spacial score (nSPS) is 11.5. The molecule has 1 amide bonds. The van der Waals surface area contributed by atoms with E-state index in [1.54, 1.807) is 19.1 Å². The topological polar surface area (TPSA) is 71.3 Å². The molecule has 6 nitrogen and oxygen atoms in total. The van der Waals surface area contributed by atoms with Crippen LogP contribution in [0.25, 0.3) is 0 Å². The quantitative estimate of drug-likeness (QED) is 0.410. The van der Waals surface area contributed by atoms with E-state index in [0.29, 0.717) is 24.5 Å². The molecule has 2 aromatic carbocycles. The Morgan fingerprint density at radius 1 is 1.06 bits per heavy atom. The van der Waals surface area contributed by atoms with Crippen LogP contribution in [0.4, 0.5) is 10.1 Å². The van der Waals surface area contributed by atoms with Crippen LogP contribution in [0.2, 0.25) is 0 Å². The van der Waals surface area contributed by atoms with Crippen LogP contribution in [0.15, 0.2) is 41.4 Å². The first kappa shape index (κ1) is 24.2. The van der Waals surface area contributed by atoms with E-state index in [2.05, 4.69) is 40.6 Å². The molecule has 0 saturated carbocycles. The predicted octanol–water partition coefficient (Wildman–Crippen LogP) is 5.02. The molecule has 0 radical (unpaired) electrons. The van der Waals surface area contributed by atoms with Crippen molar-refractivity contribution < 1.29 is 9.18 Å². The van der Waals surface area contributed by atoms with Crippen molar-refractivity contribution in [3.05, 3.63) is 81.4 Å². The Bertz CT molecular complexity index is 1180. The summed E-state index contributed by atoms with van der Waals surface area (Å²) >= 11 is 0. The number of hydrogen-bond acceptors (Lipinski definition) is 3. The van der Waals surface area contributed by atoms with Gasteiger partial charge in [0.2, 0.25) is 5.96 Å². The maximum atomic E-state index is 14.0. The molecule has 0 aliphatic carbocycles. The molecule has 2 N–H and O–H groups in total. The van der Waals surface area contributed by atoms with Crippen molar-refractivity contribution in [1.29, 1.82) is 0 Å². The summed E-state index contributed by atoms with van der Waals surface area (Å²) < 4.78 is 16.0. The fourth-order valence-electron chi connectivity index (χ4n) is 3.89. The smallest absolute Gasteiger partial charge is 0.258 e. The van der Waals surface area contributed by atoms with Gasteiger partial charge in [-0.3, -0.25) is 19.8 Å². The van der Waals surface area contributed by atoms with Gasteiger partial charge in [-0.05, 0) is 94.5 Å². The molecule has 0 unspecified atom stereocenters. The molecule has 3 aromatic rings. The molecule has 1 aromatic heterocycles. The molecule has 0 aliphatic rings. The van der Waals surface area contributed by atoms with E-state index in [1.807, 2.05) is 37.6 Å². The van der Waals surface area contributed by atoms with Gasteiger partial charge in [-0.25, -0.2) is 4.39 Å². The monoisotopic (exact) mass is 449 g/mol. The number of aryl methyl sites for hydroxylation is 5. The van der Waals surface area contributed by atoms with Crippen molar-refractivity contribution in [2.45, 2.75) is 54.5 Å². The first-order valence-electron chi connectivity index (χ1n) is 11.2. The lowest BCUT2D eigenvalue weighted by Gasteiger charge is -2.13. The van der Waals surface area contributed by atoms with Gasteiger partial charge in [0.1, 0.15) is 5.82 Å². The van der Waals surface area contributed by atoms with Crippen LogP contribution in [0.1, 0.15) is 50.9 Å². The van der Waals surface area contributed by atoms with E-state index in [4.69, 9.17) is 0 Å². The van der Waals surface area contributed by atoms with Gasteiger partial charge in [-0.2, -0.15) is 5.10 Å². The molecule has 0 fully saturated rings. The van der Waals surface area contributed by atoms with Crippen molar-refractivity contribution in [2.75, 3.05) is 11.9 Å². The van der Waals surface area contributed by atoms with E-state index in [0.717, 1.165) is 34.7 Å².